The second kappa shape index (κ2) is 7.58. The molecule has 0 aliphatic heterocycles. The van der Waals surface area contributed by atoms with Gasteiger partial charge < -0.3 is 4.90 Å². The first kappa shape index (κ1) is 11.4. The Morgan fingerprint density at radius 3 is 1.12 bits per heavy atom. The summed E-state index contributed by atoms with van der Waals surface area (Å²) in [6, 6.07) is 0. The van der Waals surface area contributed by atoms with Crippen LogP contribution in [0.4, 0.5) is 0 Å². The zero-order valence-electron chi connectivity index (χ0n) is 6.28. The molecule has 0 aromatic heterocycles. The maximum absolute atomic E-state index is 2.38. The van der Waals surface area contributed by atoms with E-state index in [1.54, 1.807) is 0 Å². The van der Waals surface area contributed by atoms with E-state index in [4.69, 9.17) is 0 Å². The standard InChI is InChI=1S/C6H15N.Zn/c1-4-7(5-2)6-3;/h4-6H2,1-3H3;. The van der Waals surface area contributed by atoms with E-state index >= 15 is 0 Å². The Balaban J connectivity index is 0. The molecule has 0 radical (unpaired) electrons. The van der Waals surface area contributed by atoms with Gasteiger partial charge in [-0.05, 0) is 19.6 Å². The molecule has 0 aliphatic carbocycles. The van der Waals surface area contributed by atoms with Crippen LogP contribution in [0.5, 0.6) is 0 Å². The summed E-state index contributed by atoms with van der Waals surface area (Å²) >= 11 is 0. The van der Waals surface area contributed by atoms with Crippen molar-refractivity contribution in [3.63, 3.8) is 0 Å². The van der Waals surface area contributed by atoms with Crippen LogP contribution in [0.15, 0.2) is 0 Å². The topological polar surface area (TPSA) is 3.24 Å². The Morgan fingerprint density at radius 2 is 1.12 bits per heavy atom. The minimum Gasteiger partial charge on any atom is -0.304 e. The van der Waals surface area contributed by atoms with E-state index in [0.29, 0.717) is 0 Å². The van der Waals surface area contributed by atoms with Crippen molar-refractivity contribution >= 4 is 0 Å². The van der Waals surface area contributed by atoms with Crippen LogP contribution in [0.3, 0.4) is 0 Å². The van der Waals surface area contributed by atoms with Gasteiger partial charge in [-0.25, -0.2) is 0 Å². The van der Waals surface area contributed by atoms with E-state index in [0.717, 1.165) is 0 Å². The second-order valence-corrected chi connectivity index (χ2v) is 1.62. The van der Waals surface area contributed by atoms with Crippen LogP contribution in [0.25, 0.3) is 0 Å². The smallest absolute Gasteiger partial charge is 0 e. The van der Waals surface area contributed by atoms with Gasteiger partial charge in [0.05, 0.1) is 0 Å². The fourth-order valence-electron chi connectivity index (χ4n) is 0.671. The quantitative estimate of drug-likeness (QED) is 0.572. The molecule has 0 heterocycles. The zero-order chi connectivity index (χ0) is 5.70. The fourth-order valence-corrected chi connectivity index (χ4v) is 0.671. The number of hydrogen-bond acceptors (Lipinski definition) is 1. The average Bonchev–Trinajstić information content (AvgIpc) is 1.72. The molecule has 2 heteroatoms. The molecule has 0 aromatic rings. The number of hydrogen-bond donors (Lipinski definition) is 0. The van der Waals surface area contributed by atoms with Crippen LogP contribution in [-0.4, -0.2) is 24.5 Å². The van der Waals surface area contributed by atoms with Crippen molar-refractivity contribution in [1.82, 2.24) is 4.90 Å². The molecule has 8 heavy (non-hydrogen) atoms. The molecular formula is C6H15NZn. The number of rotatable bonds is 3. The van der Waals surface area contributed by atoms with Crippen LogP contribution >= 0.6 is 0 Å². The third-order valence-electron chi connectivity index (χ3n) is 1.34. The van der Waals surface area contributed by atoms with Gasteiger partial charge in [0.2, 0.25) is 0 Å². The maximum atomic E-state index is 2.38. The first-order valence-electron chi connectivity index (χ1n) is 3.07. The van der Waals surface area contributed by atoms with Crippen LogP contribution in [0.1, 0.15) is 20.8 Å². The third-order valence-corrected chi connectivity index (χ3v) is 1.34. The summed E-state index contributed by atoms with van der Waals surface area (Å²) in [5.41, 5.74) is 0. The van der Waals surface area contributed by atoms with Crippen LogP contribution in [0.2, 0.25) is 0 Å². The van der Waals surface area contributed by atoms with Crippen molar-refractivity contribution in [1.29, 1.82) is 0 Å². The molecule has 0 spiro atoms. The Hall–Kier alpha value is 0.583. The maximum Gasteiger partial charge on any atom is 0 e. The van der Waals surface area contributed by atoms with E-state index < -0.39 is 0 Å². The summed E-state index contributed by atoms with van der Waals surface area (Å²) in [7, 11) is 0. The summed E-state index contributed by atoms with van der Waals surface area (Å²) in [4.78, 5) is 2.38. The van der Waals surface area contributed by atoms with Crippen molar-refractivity contribution in [2.75, 3.05) is 19.6 Å². The fraction of sp³-hybridized carbons (Fsp3) is 1.00. The number of nitrogens with zero attached hydrogens (tertiary/aromatic N) is 1. The van der Waals surface area contributed by atoms with Gasteiger partial charge in [-0.1, -0.05) is 20.8 Å². The molecule has 0 unspecified atom stereocenters. The molecule has 0 saturated heterocycles. The molecular weight excluding hydrogens is 151 g/mol. The SMILES string of the molecule is CCN(CC)CC.[Zn]. The van der Waals surface area contributed by atoms with Crippen LogP contribution in [0, 0.1) is 0 Å². The predicted octanol–water partition coefficient (Wildman–Crippen LogP) is 1.35. The van der Waals surface area contributed by atoms with Gasteiger partial charge in [0.25, 0.3) is 0 Å². The van der Waals surface area contributed by atoms with Gasteiger partial charge >= 0.3 is 0 Å². The molecule has 0 atom stereocenters. The molecule has 0 bridgehead atoms. The first-order valence-corrected chi connectivity index (χ1v) is 3.07. The van der Waals surface area contributed by atoms with E-state index in [9.17, 15) is 0 Å². The Labute approximate surface area is 65.2 Å². The van der Waals surface area contributed by atoms with Gasteiger partial charge in [-0.15, -0.1) is 0 Å². The second-order valence-electron chi connectivity index (χ2n) is 1.62. The third kappa shape index (κ3) is 4.74. The van der Waals surface area contributed by atoms with Gasteiger partial charge in [0.15, 0.2) is 0 Å². The van der Waals surface area contributed by atoms with E-state index in [1.807, 2.05) is 0 Å². The predicted molar refractivity (Wildman–Crippen MR) is 33.5 cm³/mol. The van der Waals surface area contributed by atoms with Gasteiger partial charge in [-0.3, -0.25) is 0 Å². The summed E-state index contributed by atoms with van der Waals surface area (Å²) in [5, 5.41) is 0. The van der Waals surface area contributed by atoms with Gasteiger partial charge in [0, 0.05) is 19.5 Å². The minimum absolute atomic E-state index is 0. The minimum atomic E-state index is 0. The molecule has 0 saturated carbocycles. The van der Waals surface area contributed by atoms with E-state index in [1.165, 1.54) is 19.6 Å². The molecule has 0 fully saturated rings. The summed E-state index contributed by atoms with van der Waals surface area (Å²) in [6.07, 6.45) is 0. The normalized spacial score (nSPS) is 9.00. The van der Waals surface area contributed by atoms with Crippen molar-refractivity contribution < 1.29 is 19.5 Å². The van der Waals surface area contributed by atoms with Crippen LogP contribution in [-0.2, 0) is 19.5 Å². The van der Waals surface area contributed by atoms with Gasteiger partial charge in [-0.2, -0.15) is 0 Å². The average molecular weight is 167 g/mol. The van der Waals surface area contributed by atoms with Crippen molar-refractivity contribution in [2.45, 2.75) is 20.8 Å². The van der Waals surface area contributed by atoms with Gasteiger partial charge in [0.1, 0.15) is 0 Å². The summed E-state index contributed by atoms with van der Waals surface area (Å²) in [6.45, 7) is 10.1. The summed E-state index contributed by atoms with van der Waals surface area (Å²) in [5.74, 6) is 0. The summed E-state index contributed by atoms with van der Waals surface area (Å²) < 4.78 is 0. The largest absolute Gasteiger partial charge is 0.304 e. The Morgan fingerprint density at radius 1 is 0.875 bits per heavy atom. The zero-order valence-corrected chi connectivity index (χ0v) is 9.24. The molecule has 0 amide bonds. The molecule has 0 aromatic carbocycles. The molecule has 46 valence electrons. The molecule has 1 nitrogen and oxygen atoms in total. The Kier molecular flexibility index (Phi) is 10.8. The van der Waals surface area contributed by atoms with E-state index in [2.05, 4.69) is 25.7 Å². The Bertz CT molecular complexity index is 30.0. The first-order chi connectivity index (χ1) is 3.35. The van der Waals surface area contributed by atoms with Crippen molar-refractivity contribution in [2.24, 2.45) is 0 Å². The molecule has 0 aliphatic rings. The van der Waals surface area contributed by atoms with Crippen molar-refractivity contribution in [3.8, 4) is 0 Å². The molecule has 0 rings (SSSR count). The van der Waals surface area contributed by atoms with E-state index in [-0.39, 0.29) is 19.5 Å². The monoisotopic (exact) mass is 165 g/mol. The van der Waals surface area contributed by atoms with Crippen LogP contribution < -0.4 is 0 Å². The molecule has 0 N–H and O–H groups in total. The van der Waals surface area contributed by atoms with Crippen molar-refractivity contribution in [3.05, 3.63) is 0 Å².